The van der Waals surface area contributed by atoms with Crippen LogP contribution in [-0.4, -0.2) is 33.1 Å². The molecule has 0 aliphatic carbocycles. The first kappa shape index (κ1) is 14.0. The number of carboxylic acid groups (broad SMARTS) is 1. The first-order valence-electron chi connectivity index (χ1n) is 5.33. The second kappa shape index (κ2) is 6.64. The van der Waals surface area contributed by atoms with E-state index in [0.717, 1.165) is 5.56 Å². The first-order chi connectivity index (χ1) is 8.06. The van der Waals surface area contributed by atoms with Crippen LogP contribution in [0.3, 0.4) is 0 Å². The Morgan fingerprint density at radius 3 is 2.53 bits per heavy atom. The SMILES string of the molecule is O=C(O)CCc1ccccc1C(O)C(O)CS. The molecule has 0 aliphatic heterocycles. The Bertz CT molecular complexity index is 381. The van der Waals surface area contributed by atoms with E-state index in [4.69, 9.17) is 5.11 Å². The highest BCUT2D eigenvalue weighted by Crippen LogP contribution is 2.22. The molecule has 0 saturated carbocycles. The molecule has 0 amide bonds. The number of hydrogen-bond acceptors (Lipinski definition) is 4. The van der Waals surface area contributed by atoms with Crippen LogP contribution in [0.5, 0.6) is 0 Å². The van der Waals surface area contributed by atoms with Gasteiger partial charge in [-0.3, -0.25) is 4.79 Å². The van der Waals surface area contributed by atoms with Crippen LogP contribution in [0.25, 0.3) is 0 Å². The molecule has 0 aromatic heterocycles. The average molecular weight is 256 g/mol. The van der Waals surface area contributed by atoms with Crippen molar-refractivity contribution < 1.29 is 20.1 Å². The Morgan fingerprint density at radius 1 is 1.29 bits per heavy atom. The predicted molar refractivity (Wildman–Crippen MR) is 67.2 cm³/mol. The van der Waals surface area contributed by atoms with Gasteiger partial charge in [-0.25, -0.2) is 0 Å². The number of hydrogen-bond donors (Lipinski definition) is 4. The maximum Gasteiger partial charge on any atom is 0.303 e. The van der Waals surface area contributed by atoms with Crippen molar-refractivity contribution in [1.29, 1.82) is 0 Å². The Labute approximate surface area is 105 Å². The van der Waals surface area contributed by atoms with Crippen molar-refractivity contribution in [2.45, 2.75) is 25.0 Å². The molecular formula is C12H16O4S. The summed E-state index contributed by atoms with van der Waals surface area (Å²) in [5.74, 6) is -0.738. The maximum absolute atomic E-state index is 10.5. The van der Waals surface area contributed by atoms with E-state index < -0.39 is 18.2 Å². The molecule has 0 aliphatic rings. The normalized spacial score (nSPS) is 14.3. The highest BCUT2D eigenvalue weighted by atomic mass is 32.1. The number of carboxylic acids is 1. The van der Waals surface area contributed by atoms with Gasteiger partial charge in [0.1, 0.15) is 6.10 Å². The van der Waals surface area contributed by atoms with E-state index in [0.29, 0.717) is 12.0 Å². The molecule has 3 N–H and O–H groups in total. The number of aryl methyl sites for hydroxylation is 1. The molecule has 2 atom stereocenters. The molecule has 1 aromatic carbocycles. The third kappa shape index (κ3) is 4.03. The van der Waals surface area contributed by atoms with E-state index in [1.807, 2.05) is 0 Å². The van der Waals surface area contributed by atoms with Crippen molar-refractivity contribution in [2.24, 2.45) is 0 Å². The fraction of sp³-hybridized carbons (Fsp3) is 0.417. The zero-order valence-corrected chi connectivity index (χ0v) is 10.2. The van der Waals surface area contributed by atoms with Crippen LogP contribution >= 0.6 is 12.6 Å². The zero-order chi connectivity index (χ0) is 12.8. The topological polar surface area (TPSA) is 77.8 Å². The lowest BCUT2D eigenvalue weighted by Gasteiger charge is -2.19. The molecule has 0 spiro atoms. The molecule has 0 radical (unpaired) electrons. The van der Waals surface area contributed by atoms with Crippen LogP contribution in [-0.2, 0) is 11.2 Å². The van der Waals surface area contributed by atoms with Gasteiger partial charge in [0.15, 0.2) is 0 Å². The number of thiol groups is 1. The monoisotopic (exact) mass is 256 g/mol. The largest absolute Gasteiger partial charge is 0.481 e. The standard InChI is InChI=1S/C12H16O4S/c13-10(7-17)12(16)9-4-2-1-3-8(9)5-6-11(14)15/h1-4,10,12-13,16-17H,5-7H2,(H,14,15). The number of aliphatic hydroxyl groups excluding tert-OH is 2. The maximum atomic E-state index is 10.5. The van der Waals surface area contributed by atoms with Crippen LogP contribution in [0.15, 0.2) is 24.3 Å². The summed E-state index contributed by atoms with van der Waals surface area (Å²) in [5, 5.41) is 28.1. The van der Waals surface area contributed by atoms with Gasteiger partial charge in [0.2, 0.25) is 0 Å². The van der Waals surface area contributed by atoms with E-state index >= 15 is 0 Å². The summed E-state index contributed by atoms with van der Waals surface area (Å²) in [7, 11) is 0. The lowest BCUT2D eigenvalue weighted by atomic mass is 9.96. The summed E-state index contributed by atoms with van der Waals surface area (Å²) < 4.78 is 0. The van der Waals surface area contributed by atoms with Crippen LogP contribution in [0.1, 0.15) is 23.7 Å². The van der Waals surface area contributed by atoms with Gasteiger partial charge < -0.3 is 15.3 Å². The Balaban J connectivity index is 2.87. The summed E-state index contributed by atoms with van der Waals surface area (Å²) in [5.41, 5.74) is 1.30. The van der Waals surface area contributed by atoms with E-state index in [-0.39, 0.29) is 12.2 Å². The molecule has 2 unspecified atom stereocenters. The van der Waals surface area contributed by atoms with Crippen LogP contribution in [0.2, 0.25) is 0 Å². The van der Waals surface area contributed by atoms with E-state index in [1.165, 1.54) is 0 Å². The summed E-state index contributed by atoms with van der Waals surface area (Å²) in [6.45, 7) is 0. The Hall–Kier alpha value is -1.04. The third-order valence-electron chi connectivity index (χ3n) is 2.53. The summed E-state index contributed by atoms with van der Waals surface area (Å²) in [6.07, 6.45) is -1.65. The van der Waals surface area contributed by atoms with Crippen molar-refractivity contribution >= 4 is 18.6 Å². The average Bonchev–Trinajstić information content (AvgIpc) is 2.34. The van der Waals surface area contributed by atoms with Gasteiger partial charge in [-0.2, -0.15) is 12.6 Å². The number of aliphatic carboxylic acids is 1. The Morgan fingerprint density at radius 2 is 1.94 bits per heavy atom. The molecule has 0 saturated heterocycles. The lowest BCUT2D eigenvalue weighted by Crippen LogP contribution is -2.21. The minimum atomic E-state index is -1.03. The predicted octanol–water partition coefficient (Wildman–Crippen LogP) is 1.03. The molecule has 1 rings (SSSR count). The van der Waals surface area contributed by atoms with Crippen molar-refractivity contribution in [2.75, 3.05) is 5.75 Å². The van der Waals surface area contributed by atoms with E-state index in [9.17, 15) is 15.0 Å². The molecule has 1 aromatic rings. The highest BCUT2D eigenvalue weighted by Gasteiger charge is 2.19. The van der Waals surface area contributed by atoms with Gasteiger partial charge in [-0.15, -0.1) is 0 Å². The minimum Gasteiger partial charge on any atom is -0.481 e. The summed E-state index contributed by atoms with van der Waals surface area (Å²) in [6, 6.07) is 6.97. The zero-order valence-electron chi connectivity index (χ0n) is 9.28. The highest BCUT2D eigenvalue weighted by molar-refractivity contribution is 7.80. The molecule has 17 heavy (non-hydrogen) atoms. The van der Waals surface area contributed by atoms with Gasteiger partial charge in [0.25, 0.3) is 0 Å². The van der Waals surface area contributed by atoms with Gasteiger partial charge in [-0.1, -0.05) is 24.3 Å². The quantitative estimate of drug-likeness (QED) is 0.573. The summed E-state index contributed by atoms with van der Waals surface area (Å²) >= 11 is 3.92. The first-order valence-corrected chi connectivity index (χ1v) is 5.96. The second-order valence-corrected chi connectivity index (χ2v) is 4.15. The fourth-order valence-corrected chi connectivity index (χ4v) is 1.80. The van der Waals surface area contributed by atoms with Crippen molar-refractivity contribution in [1.82, 2.24) is 0 Å². The number of carbonyl (C=O) groups is 1. The minimum absolute atomic E-state index is 0.000698. The molecule has 4 nitrogen and oxygen atoms in total. The van der Waals surface area contributed by atoms with Gasteiger partial charge in [0, 0.05) is 12.2 Å². The second-order valence-electron chi connectivity index (χ2n) is 3.79. The van der Waals surface area contributed by atoms with Crippen LogP contribution in [0, 0.1) is 0 Å². The molecule has 0 heterocycles. The van der Waals surface area contributed by atoms with Crippen molar-refractivity contribution in [3.8, 4) is 0 Å². The van der Waals surface area contributed by atoms with Crippen molar-refractivity contribution in [3.63, 3.8) is 0 Å². The van der Waals surface area contributed by atoms with Crippen LogP contribution in [0.4, 0.5) is 0 Å². The van der Waals surface area contributed by atoms with E-state index in [1.54, 1.807) is 24.3 Å². The molecule has 0 fully saturated rings. The number of benzene rings is 1. The number of aliphatic hydroxyl groups is 2. The van der Waals surface area contributed by atoms with Gasteiger partial charge in [0.05, 0.1) is 6.10 Å². The van der Waals surface area contributed by atoms with E-state index in [2.05, 4.69) is 12.6 Å². The summed E-state index contributed by atoms with van der Waals surface area (Å²) in [4.78, 5) is 10.5. The fourth-order valence-electron chi connectivity index (χ4n) is 1.60. The van der Waals surface area contributed by atoms with Gasteiger partial charge >= 0.3 is 5.97 Å². The smallest absolute Gasteiger partial charge is 0.303 e. The van der Waals surface area contributed by atoms with Crippen molar-refractivity contribution in [3.05, 3.63) is 35.4 Å². The van der Waals surface area contributed by atoms with Gasteiger partial charge in [-0.05, 0) is 17.5 Å². The lowest BCUT2D eigenvalue weighted by molar-refractivity contribution is -0.136. The molecule has 94 valence electrons. The van der Waals surface area contributed by atoms with Crippen LogP contribution < -0.4 is 0 Å². The molecule has 0 bridgehead atoms. The number of rotatable bonds is 6. The Kier molecular flexibility index (Phi) is 5.47. The molecular weight excluding hydrogens is 240 g/mol. The molecule has 5 heteroatoms. The third-order valence-corrected chi connectivity index (χ3v) is 2.91.